The fraction of sp³-hybridized carbons (Fsp3) is 0.319. The number of aromatic nitrogens is 4. The Kier molecular flexibility index (Phi) is 12.4. The number of pyridine rings is 4. The second kappa shape index (κ2) is 17.0. The first kappa shape index (κ1) is 39.4. The molecule has 0 atom stereocenters. The molecule has 0 N–H and O–H groups in total. The number of hydrogen-bond donors (Lipinski definition) is 0. The molecule has 1 saturated carbocycles. The molecule has 5 nitrogen and oxygen atoms in total. The summed E-state index contributed by atoms with van der Waals surface area (Å²) in [5, 5.41) is 3.55. The standard InChI is InChI=1S/C28H23N2O.C19H27N2Si.Ir/c1-3-8-19(9-4-1)21-16-17-29-26(18-21)24-13-7-12-22-23-14-15-25(20-10-5-2-6-11-20)30-28(23)31-27(22)24;1-13(2)10-16-11-18(20-12-19(16)22(5,6)7)17-9-8-14(3)21-15(17)4;/h2,5-7,10-12,14-19H,1,3-4,8-9H2;8,11-13H,10H2,1-7H3;/q2*-1;. The molecule has 0 aliphatic heterocycles. The van der Waals surface area contributed by atoms with E-state index in [9.17, 15) is 0 Å². The second-order valence-corrected chi connectivity index (χ2v) is 21.0. The van der Waals surface area contributed by atoms with Gasteiger partial charge in [-0.25, -0.2) is 4.98 Å². The van der Waals surface area contributed by atoms with Crippen molar-refractivity contribution in [3.05, 3.63) is 126 Å². The minimum Gasteiger partial charge on any atom is -0.486 e. The molecule has 0 unspecified atom stereocenters. The van der Waals surface area contributed by atoms with Crippen LogP contribution in [-0.2, 0) is 26.5 Å². The zero-order valence-corrected chi connectivity index (χ0v) is 36.0. The van der Waals surface area contributed by atoms with Gasteiger partial charge >= 0.3 is 0 Å². The van der Waals surface area contributed by atoms with Gasteiger partial charge in [0, 0.05) is 43.4 Å². The number of furan rings is 1. The molecule has 1 radical (unpaired) electrons. The van der Waals surface area contributed by atoms with Crippen LogP contribution in [-0.4, -0.2) is 28.0 Å². The van der Waals surface area contributed by atoms with E-state index < -0.39 is 8.07 Å². The van der Waals surface area contributed by atoms with Gasteiger partial charge in [0.2, 0.25) is 5.71 Å². The van der Waals surface area contributed by atoms with Crippen LogP contribution in [0.4, 0.5) is 0 Å². The first-order chi connectivity index (χ1) is 25.5. The average Bonchev–Trinajstić information content (AvgIpc) is 3.53. The van der Waals surface area contributed by atoms with Gasteiger partial charge in [-0.1, -0.05) is 131 Å². The molecule has 0 spiro atoms. The average molecular weight is 907 g/mol. The van der Waals surface area contributed by atoms with Gasteiger partial charge in [-0.05, 0) is 77.3 Å². The first-order valence-corrected chi connectivity index (χ1v) is 22.7. The Hall–Kier alpha value is -4.29. The molecular formula is C47H50IrN4OSi-2. The van der Waals surface area contributed by atoms with Crippen molar-refractivity contribution in [2.75, 3.05) is 0 Å². The Morgan fingerprint density at radius 1 is 0.796 bits per heavy atom. The van der Waals surface area contributed by atoms with Gasteiger partial charge in [-0.3, -0.25) is 0 Å². The summed E-state index contributed by atoms with van der Waals surface area (Å²) in [6.45, 7) is 15.8. The SMILES string of the molecule is Cc1c[c-]c(-c2cc(CC(C)C)c([Si](C)(C)C)cn2)c(C)n1.[Ir].[c-]1ccc2c(oc3nc(-c4ccccc4)ccc32)c1-c1cc(C2CCCCC2)ccn1. The molecule has 279 valence electrons. The van der Waals surface area contributed by atoms with Crippen molar-refractivity contribution in [1.82, 2.24) is 19.9 Å². The molecule has 0 saturated heterocycles. The quantitative estimate of drug-likeness (QED) is 0.118. The summed E-state index contributed by atoms with van der Waals surface area (Å²) in [4.78, 5) is 18.8. The third-order valence-electron chi connectivity index (χ3n) is 10.3. The summed E-state index contributed by atoms with van der Waals surface area (Å²) in [7, 11) is -1.38. The van der Waals surface area contributed by atoms with E-state index in [2.05, 4.69) is 110 Å². The van der Waals surface area contributed by atoms with Crippen LogP contribution in [0, 0.1) is 31.9 Å². The maximum absolute atomic E-state index is 6.30. The summed E-state index contributed by atoms with van der Waals surface area (Å²) in [6, 6.07) is 33.7. The minimum atomic E-state index is -1.38. The monoisotopic (exact) mass is 907 g/mol. The van der Waals surface area contributed by atoms with Crippen molar-refractivity contribution in [2.45, 2.75) is 91.8 Å². The van der Waals surface area contributed by atoms with Crippen LogP contribution in [0.1, 0.15) is 74.4 Å². The van der Waals surface area contributed by atoms with Crippen LogP contribution >= 0.6 is 0 Å². The van der Waals surface area contributed by atoms with Crippen LogP contribution in [0.15, 0.2) is 95.7 Å². The predicted molar refractivity (Wildman–Crippen MR) is 222 cm³/mol. The zero-order chi connectivity index (χ0) is 37.1. The molecule has 0 bridgehead atoms. The van der Waals surface area contributed by atoms with E-state index in [1.807, 2.05) is 50.4 Å². The summed E-state index contributed by atoms with van der Waals surface area (Å²) < 4.78 is 6.30. The van der Waals surface area contributed by atoms with Crippen LogP contribution in [0.5, 0.6) is 0 Å². The molecule has 5 aromatic heterocycles. The van der Waals surface area contributed by atoms with E-state index in [1.54, 1.807) is 0 Å². The second-order valence-electron chi connectivity index (χ2n) is 16.0. The predicted octanol–water partition coefficient (Wildman–Crippen LogP) is 11.9. The molecule has 0 amide bonds. The number of fused-ring (bicyclic) bond motifs is 3. The van der Waals surface area contributed by atoms with E-state index in [1.165, 1.54) is 48.4 Å². The minimum absolute atomic E-state index is 0. The number of benzene rings is 2. The van der Waals surface area contributed by atoms with Gasteiger partial charge in [-0.15, -0.1) is 35.9 Å². The maximum Gasteiger partial charge on any atom is 0.216 e. The number of hydrogen-bond acceptors (Lipinski definition) is 5. The number of aryl methyl sites for hydroxylation is 2. The number of nitrogens with zero attached hydrogens (tertiary/aromatic N) is 4. The van der Waals surface area contributed by atoms with Gasteiger partial charge in [0.25, 0.3) is 0 Å². The topological polar surface area (TPSA) is 64.7 Å². The summed E-state index contributed by atoms with van der Waals surface area (Å²) >= 11 is 0. The normalized spacial score (nSPS) is 13.5. The Morgan fingerprint density at radius 3 is 2.28 bits per heavy atom. The van der Waals surface area contributed by atoms with Crippen molar-refractivity contribution >= 4 is 35.3 Å². The van der Waals surface area contributed by atoms with Crippen LogP contribution in [0.2, 0.25) is 19.6 Å². The fourth-order valence-corrected chi connectivity index (χ4v) is 9.26. The Morgan fingerprint density at radius 2 is 1.56 bits per heavy atom. The Labute approximate surface area is 335 Å². The van der Waals surface area contributed by atoms with E-state index in [0.717, 1.165) is 67.9 Å². The third-order valence-corrected chi connectivity index (χ3v) is 12.4. The van der Waals surface area contributed by atoms with Crippen LogP contribution < -0.4 is 5.19 Å². The van der Waals surface area contributed by atoms with Crippen molar-refractivity contribution in [3.63, 3.8) is 0 Å². The van der Waals surface area contributed by atoms with Crippen molar-refractivity contribution in [1.29, 1.82) is 0 Å². The Bertz CT molecular complexity index is 2360. The van der Waals surface area contributed by atoms with E-state index in [4.69, 9.17) is 14.4 Å². The molecule has 5 heterocycles. The number of rotatable bonds is 7. The van der Waals surface area contributed by atoms with Crippen LogP contribution in [0.3, 0.4) is 0 Å². The summed E-state index contributed by atoms with van der Waals surface area (Å²) in [6.07, 6.45) is 11.7. The molecule has 1 aliphatic carbocycles. The van der Waals surface area contributed by atoms with Crippen molar-refractivity contribution in [3.8, 4) is 33.8 Å². The van der Waals surface area contributed by atoms with E-state index >= 15 is 0 Å². The van der Waals surface area contributed by atoms with Gasteiger partial charge in [0.05, 0.1) is 19.4 Å². The molecular weight excluding hydrogens is 857 g/mol. The van der Waals surface area contributed by atoms with Gasteiger partial charge in [0.15, 0.2) is 0 Å². The molecule has 2 aromatic carbocycles. The first-order valence-electron chi connectivity index (χ1n) is 19.2. The molecule has 1 fully saturated rings. The van der Waals surface area contributed by atoms with E-state index in [-0.39, 0.29) is 20.1 Å². The molecule has 1 aliphatic rings. The summed E-state index contributed by atoms with van der Waals surface area (Å²) in [5.41, 5.74) is 12.2. The molecule has 54 heavy (non-hydrogen) atoms. The van der Waals surface area contributed by atoms with Gasteiger partial charge in [-0.2, -0.15) is 0 Å². The fourth-order valence-electron chi connectivity index (χ4n) is 7.67. The van der Waals surface area contributed by atoms with Crippen LogP contribution in [0.25, 0.3) is 55.8 Å². The van der Waals surface area contributed by atoms with Gasteiger partial charge in [0.1, 0.15) is 0 Å². The maximum atomic E-state index is 6.30. The largest absolute Gasteiger partial charge is 0.486 e. The zero-order valence-electron chi connectivity index (χ0n) is 32.6. The molecule has 7 aromatic rings. The van der Waals surface area contributed by atoms with Crippen molar-refractivity contribution in [2.24, 2.45) is 5.92 Å². The summed E-state index contributed by atoms with van der Waals surface area (Å²) in [5.74, 6) is 1.28. The smallest absolute Gasteiger partial charge is 0.216 e. The Balaban J connectivity index is 0.000000193. The third kappa shape index (κ3) is 8.81. The van der Waals surface area contributed by atoms with E-state index in [0.29, 0.717) is 17.5 Å². The van der Waals surface area contributed by atoms with Crippen molar-refractivity contribution < 1.29 is 24.5 Å². The molecule has 7 heteroatoms. The molecule has 8 rings (SSSR count). The van der Waals surface area contributed by atoms with Gasteiger partial charge < -0.3 is 19.4 Å².